The SMILES string of the molecule is O=C1OC(c2ccccc2)=N[C@]12C=CCC[C@H]2c1ccccc1. The van der Waals surface area contributed by atoms with E-state index in [1.807, 2.05) is 60.7 Å². The number of hydrogen-bond acceptors (Lipinski definition) is 3. The molecule has 1 heterocycles. The molecule has 4 rings (SSSR count). The highest BCUT2D eigenvalue weighted by molar-refractivity contribution is 6.09. The van der Waals surface area contributed by atoms with Crippen LogP contribution in [0, 0.1) is 0 Å². The van der Waals surface area contributed by atoms with E-state index >= 15 is 0 Å². The van der Waals surface area contributed by atoms with Crippen molar-refractivity contribution in [2.24, 2.45) is 4.99 Å². The molecular weight excluding hydrogens is 286 g/mol. The first kappa shape index (κ1) is 13.9. The molecule has 0 saturated carbocycles. The van der Waals surface area contributed by atoms with Crippen LogP contribution in [0.25, 0.3) is 0 Å². The molecule has 2 aliphatic rings. The molecule has 3 nitrogen and oxygen atoms in total. The van der Waals surface area contributed by atoms with E-state index in [1.165, 1.54) is 0 Å². The fourth-order valence-electron chi connectivity index (χ4n) is 3.40. The number of benzene rings is 2. The van der Waals surface area contributed by atoms with Gasteiger partial charge in [-0.1, -0.05) is 54.6 Å². The van der Waals surface area contributed by atoms with E-state index in [1.54, 1.807) is 0 Å². The minimum Gasteiger partial charge on any atom is -0.405 e. The number of esters is 1. The van der Waals surface area contributed by atoms with Crippen LogP contribution in [0.1, 0.15) is 29.9 Å². The molecule has 0 saturated heterocycles. The van der Waals surface area contributed by atoms with Gasteiger partial charge in [-0.25, -0.2) is 9.79 Å². The van der Waals surface area contributed by atoms with Crippen molar-refractivity contribution < 1.29 is 9.53 Å². The second-order valence-electron chi connectivity index (χ2n) is 5.94. The zero-order valence-electron chi connectivity index (χ0n) is 12.7. The van der Waals surface area contributed by atoms with E-state index in [9.17, 15) is 4.79 Å². The van der Waals surface area contributed by atoms with Gasteiger partial charge in [0.25, 0.3) is 0 Å². The molecule has 1 aliphatic heterocycles. The van der Waals surface area contributed by atoms with Crippen LogP contribution >= 0.6 is 0 Å². The number of aliphatic imine (C=N–C) groups is 1. The highest BCUT2D eigenvalue weighted by atomic mass is 16.6. The number of cyclic esters (lactones) is 1. The lowest BCUT2D eigenvalue weighted by Crippen LogP contribution is -2.40. The van der Waals surface area contributed by atoms with Gasteiger partial charge in [0.05, 0.1) is 0 Å². The van der Waals surface area contributed by atoms with E-state index in [0.29, 0.717) is 5.90 Å². The number of nitrogens with zero attached hydrogens (tertiary/aromatic N) is 1. The molecule has 2 aromatic carbocycles. The summed E-state index contributed by atoms with van der Waals surface area (Å²) in [4.78, 5) is 17.5. The molecule has 2 atom stereocenters. The Kier molecular flexibility index (Phi) is 3.34. The van der Waals surface area contributed by atoms with Gasteiger partial charge >= 0.3 is 5.97 Å². The van der Waals surface area contributed by atoms with Gasteiger partial charge in [0.1, 0.15) is 0 Å². The maximum absolute atomic E-state index is 12.7. The van der Waals surface area contributed by atoms with Crippen LogP contribution in [0.5, 0.6) is 0 Å². The van der Waals surface area contributed by atoms with Crippen LogP contribution in [-0.2, 0) is 9.53 Å². The van der Waals surface area contributed by atoms with Gasteiger partial charge in [0.15, 0.2) is 5.54 Å². The molecule has 0 aromatic heterocycles. The topological polar surface area (TPSA) is 38.7 Å². The maximum atomic E-state index is 12.7. The Morgan fingerprint density at radius 3 is 2.43 bits per heavy atom. The smallest absolute Gasteiger partial charge is 0.345 e. The van der Waals surface area contributed by atoms with Crippen LogP contribution < -0.4 is 0 Å². The monoisotopic (exact) mass is 303 g/mol. The van der Waals surface area contributed by atoms with Gasteiger partial charge in [-0.15, -0.1) is 0 Å². The minimum absolute atomic E-state index is 0.0161. The predicted molar refractivity (Wildman–Crippen MR) is 89.4 cm³/mol. The summed E-state index contributed by atoms with van der Waals surface area (Å²) < 4.78 is 5.55. The molecule has 1 spiro atoms. The molecule has 0 radical (unpaired) electrons. The van der Waals surface area contributed by atoms with E-state index in [2.05, 4.69) is 12.1 Å². The molecule has 2 aromatic rings. The summed E-state index contributed by atoms with van der Waals surface area (Å²) >= 11 is 0. The molecule has 0 unspecified atom stereocenters. The lowest BCUT2D eigenvalue weighted by atomic mass is 9.74. The van der Waals surface area contributed by atoms with Crippen molar-refractivity contribution in [2.75, 3.05) is 0 Å². The van der Waals surface area contributed by atoms with Crippen molar-refractivity contribution in [3.05, 3.63) is 83.9 Å². The molecule has 0 bridgehead atoms. The number of hydrogen-bond donors (Lipinski definition) is 0. The summed E-state index contributed by atoms with van der Waals surface area (Å²) in [5.41, 5.74) is 1.04. The van der Waals surface area contributed by atoms with E-state index in [0.717, 1.165) is 24.0 Å². The summed E-state index contributed by atoms with van der Waals surface area (Å²) in [6.07, 6.45) is 5.80. The summed E-state index contributed by atoms with van der Waals surface area (Å²) in [7, 11) is 0. The first-order valence-electron chi connectivity index (χ1n) is 7.90. The average Bonchev–Trinajstić information content (AvgIpc) is 2.94. The van der Waals surface area contributed by atoms with Crippen LogP contribution in [0.2, 0.25) is 0 Å². The normalized spacial score (nSPS) is 26.2. The molecule has 0 N–H and O–H groups in total. The van der Waals surface area contributed by atoms with Crippen LogP contribution in [-0.4, -0.2) is 17.4 Å². The summed E-state index contributed by atoms with van der Waals surface area (Å²) in [5, 5.41) is 0. The summed E-state index contributed by atoms with van der Waals surface area (Å²) in [6.45, 7) is 0. The molecule has 0 amide bonds. The Morgan fingerprint density at radius 1 is 1.00 bits per heavy atom. The Hall–Kier alpha value is -2.68. The molecular formula is C20H17NO2. The van der Waals surface area contributed by atoms with E-state index in [4.69, 9.17) is 9.73 Å². The number of carbonyl (C=O) groups is 1. The zero-order chi connectivity index (χ0) is 15.7. The molecule has 23 heavy (non-hydrogen) atoms. The van der Waals surface area contributed by atoms with Crippen LogP contribution in [0.4, 0.5) is 0 Å². The minimum atomic E-state index is -0.926. The molecule has 114 valence electrons. The number of allylic oxidation sites excluding steroid dienone is 1. The Labute approximate surface area is 135 Å². The fourth-order valence-corrected chi connectivity index (χ4v) is 3.40. The Morgan fingerprint density at radius 2 is 1.70 bits per heavy atom. The average molecular weight is 303 g/mol. The van der Waals surface area contributed by atoms with Crippen molar-refractivity contribution in [1.82, 2.24) is 0 Å². The number of carbonyl (C=O) groups excluding carboxylic acids is 1. The number of ether oxygens (including phenoxy) is 1. The van der Waals surface area contributed by atoms with E-state index in [-0.39, 0.29) is 11.9 Å². The predicted octanol–water partition coefficient (Wildman–Crippen LogP) is 3.86. The lowest BCUT2D eigenvalue weighted by Gasteiger charge is -2.32. The van der Waals surface area contributed by atoms with Crippen molar-refractivity contribution in [1.29, 1.82) is 0 Å². The third kappa shape index (κ3) is 2.29. The first-order valence-corrected chi connectivity index (χ1v) is 7.90. The third-order valence-electron chi connectivity index (χ3n) is 4.55. The van der Waals surface area contributed by atoms with Gasteiger partial charge in [-0.05, 0) is 36.6 Å². The largest absolute Gasteiger partial charge is 0.405 e. The second kappa shape index (κ2) is 5.51. The molecule has 3 heteroatoms. The van der Waals surface area contributed by atoms with Crippen LogP contribution in [0.15, 0.2) is 77.8 Å². The lowest BCUT2D eigenvalue weighted by molar-refractivity contribution is -0.138. The maximum Gasteiger partial charge on any atom is 0.345 e. The summed E-state index contributed by atoms with van der Waals surface area (Å²) in [6, 6.07) is 19.7. The highest BCUT2D eigenvalue weighted by Gasteiger charge is 2.51. The van der Waals surface area contributed by atoms with Crippen molar-refractivity contribution in [3.63, 3.8) is 0 Å². The second-order valence-corrected chi connectivity index (χ2v) is 5.94. The quantitative estimate of drug-likeness (QED) is 0.624. The highest BCUT2D eigenvalue weighted by Crippen LogP contribution is 2.43. The zero-order valence-corrected chi connectivity index (χ0v) is 12.7. The third-order valence-corrected chi connectivity index (χ3v) is 4.55. The first-order chi connectivity index (χ1) is 11.3. The van der Waals surface area contributed by atoms with Gasteiger partial charge in [0, 0.05) is 11.5 Å². The Balaban J connectivity index is 1.81. The van der Waals surface area contributed by atoms with Gasteiger partial charge < -0.3 is 4.74 Å². The van der Waals surface area contributed by atoms with Crippen LogP contribution in [0.3, 0.4) is 0 Å². The van der Waals surface area contributed by atoms with Crippen molar-refractivity contribution >= 4 is 11.9 Å². The standard InChI is InChI=1S/C20H17NO2/c22-19-20(21-18(23-19)16-11-5-2-6-12-16)14-8-7-13-17(20)15-9-3-1-4-10-15/h1-6,8-12,14,17H,7,13H2/t17-,20-/m0/s1. The van der Waals surface area contributed by atoms with Crippen molar-refractivity contribution in [2.45, 2.75) is 24.3 Å². The van der Waals surface area contributed by atoms with Gasteiger partial charge in [-0.2, -0.15) is 0 Å². The van der Waals surface area contributed by atoms with Gasteiger partial charge in [-0.3, -0.25) is 0 Å². The van der Waals surface area contributed by atoms with E-state index < -0.39 is 5.54 Å². The molecule has 1 aliphatic carbocycles. The molecule has 0 fully saturated rings. The Bertz CT molecular complexity index is 780. The number of rotatable bonds is 2. The summed E-state index contributed by atoms with van der Waals surface area (Å²) in [5.74, 6) is 0.159. The van der Waals surface area contributed by atoms with Gasteiger partial charge in [0.2, 0.25) is 5.90 Å². The van der Waals surface area contributed by atoms with Crippen molar-refractivity contribution in [3.8, 4) is 0 Å². The fraction of sp³-hybridized carbons (Fsp3) is 0.200.